The highest BCUT2D eigenvalue weighted by Crippen LogP contribution is 2.34. The lowest BCUT2D eigenvalue weighted by Crippen LogP contribution is -2.60. The van der Waals surface area contributed by atoms with Crippen LogP contribution in [-0.2, 0) is 4.79 Å². The molecule has 1 saturated carbocycles. The van der Waals surface area contributed by atoms with E-state index in [1.165, 1.54) is 12.1 Å². The summed E-state index contributed by atoms with van der Waals surface area (Å²) in [5.74, 6) is -2.43. The standard InChI is InChI=1S/C15H19NO5/c1-9-4-2-3-7-15(9,14(20)21)16-13(19)11-8-10(17)5-6-12(11)18/h5-6,8-9,17-18H,2-4,7H2,1H3,(H,16,19)(H,20,21). The van der Waals surface area contributed by atoms with Crippen molar-refractivity contribution >= 4 is 11.9 Å². The van der Waals surface area contributed by atoms with Gasteiger partial charge in [-0.3, -0.25) is 4.79 Å². The first-order chi connectivity index (χ1) is 9.86. The highest BCUT2D eigenvalue weighted by atomic mass is 16.4. The van der Waals surface area contributed by atoms with Crippen LogP contribution in [0, 0.1) is 5.92 Å². The van der Waals surface area contributed by atoms with E-state index in [2.05, 4.69) is 5.32 Å². The summed E-state index contributed by atoms with van der Waals surface area (Å²) in [4.78, 5) is 24.0. The molecular formula is C15H19NO5. The number of hydrogen-bond donors (Lipinski definition) is 4. The summed E-state index contributed by atoms with van der Waals surface area (Å²) in [5.41, 5.74) is -1.46. The van der Waals surface area contributed by atoms with Gasteiger partial charge in [0.25, 0.3) is 5.91 Å². The van der Waals surface area contributed by atoms with E-state index in [9.17, 15) is 24.9 Å². The first-order valence-electron chi connectivity index (χ1n) is 6.94. The van der Waals surface area contributed by atoms with Gasteiger partial charge in [0.1, 0.15) is 17.0 Å². The molecule has 1 amide bonds. The summed E-state index contributed by atoms with van der Waals surface area (Å²) in [5, 5.41) is 31.2. The summed E-state index contributed by atoms with van der Waals surface area (Å²) in [6, 6.07) is 3.57. The number of amides is 1. The minimum Gasteiger partial charge on any atom is -0.508 e. The number of phenolic OH excluding ortho intramolecular Hbond substituents is 2. The van der Waals surface area contributed by atoms with Crippen LogP contribution >= 0.6 is 0 Å². The van der Waals surface area contributed by atoms with Gasteiger partial charge in [-0.1, -0.05) is 19.8 Å². The van der Waals surface area contributed by atoms with Gasteiger partial charge in [-0.15, -0.1) is 0 Å². The molecule has 2 unspecified atom stereocenters. The Morgan fingerprint density at radius 2 is 2.00 bits per heavy atom. The SMILES string of the molecule is CC1CCCCC1(NC(=O)c1cc(O)ccc1O)C(=O)O. The minimum atomic E-state index is -1.33. The van der Waals surface area contributed by atoms with Crippen molar-refractivity contribution in [2.75, 3.05) is 0 Å². The molecule has 2 rings (SSSR count). The molecule has 0 aromatic heterocycles. The van der Waals surface area contributed by atoms with Crippen LogP contribution in [0.5, 0.6) is 11.5 Å². The van der Waals surface area contributed by atoms with E-state index in [-0.39, 0.29) is 23.0 Å². The summed E-state index contributed by atoms with van der Waals surface area (Å²) in [7, 11) is 0. The maximum atomic E-state index is 12.3. The van der Waals surface area contributed by atoms with Crippen LogP contribution in [0.15, 0.2) is 18.2 Å². The van der Waals surface area contributed by atoms with E-state index in [4.69, 9.17) is 0 Å². The molecule has 1 aromatic rings. The third-order valence-corrected chi connectivity index (χ3v) is 4.24. The molecule has 0 spiro atoms. The second-order valence-electron chi connectivity index (χ2n) is 5.58. The van der Waals surface area contributed by atoms with Gasteiger partial charge in [0.15, 0.2) is 0 Å². The maximum Gasteiger partial charge on any atom is 0.329 e. The molecule has 2 atom stereocenters. The lowest BCUT2D eigenvalue weighted by molar-refractivity contribution is -0.148. The number of hydrogen-bond acceptors (Lipinski definition) is 4. The molecule has 6 heteroatoms. The number of aliphatic carboxylic acids is 1. The molecular weight excluding hydrogens is 274 g/mol. The van der Waals surface area contributed by atoms with Crippen molar-refractivity contribution in [2.45, 2.75) is 38.1 Å². The van der Waals surface area contributed by atoms with Gasteiger partial charge in [0.2, 0.25) is 0 Å². The molecule has 6 nitrogen and oxygen atoms in total. The number of carbonyl (C=O) groups excluding carboxylic acids is 1. The van der Waals surface area contributed by atoms with Crippen LogP contribution in [0.2, 0.25) is 0 Å². The summed E-state index contributed by atoms with van der Waals surface area (Å²) in [6.45, 7) is 1.80. The molecule has 4 N–H and O–H groups in total. The van der Waals surface area contributed by atoms with E-state index in [1.807, 2.05) is 0 Å². The Morgan fingerprint density at radius 1 is 1.29 bits per heavy atom. The Morgan fingerprint density at radius 3 is 2.62 bits per heavy atom. The number of carboxylic acid groups (broad SMARTS) is 1. The molecule has 0 bridgehead atoms. The van der Waals surface area contributed by atoms with Crippen LogP contribution in [0.25, 0.3) is 0 Å². The predicted molar refractivity (Wildman–Crippen MR) is 75.2 cm³/mol. The molecule has 0 heterocycles. The van der Waals surface area contributed by atoms with Crippen molar-refractivity contribution in [1.82, 2.24) is 5.32 Å². The molecule has 1 aromatic carbocycles. The number of rotatable bonds is 3. The first kappa shape index (κ1) is 15.2. The number of carbonyl (C=O) groups is 2. The molecule has 0 radical (unpaired) electrons. The Balaban J connectivity index is 2.31. The average molecular weight is 293 g/mol. The van der Waals surface area contributed by atoms with Gasteiger partial charge in [0.05, 0.1) is 5.56 Å². The fourth-order valence-corrected chi connectivity index (χ4v) is 2.88. The Bertz CT molecular complexity index is 571. The zero-order valence-electron chi connectivity index (χ0n) is 11.8. The largest absolute Gasteiger partial charge is 0.508 e. The smallest absolute Gasteiger partial charge is 0.329 e. The number of carboxylic acids is 1. The molecule has 21 heavy (non-hydrogen) atoms. The zero-order chi connectivity index (χ0) is 15.6. The number of aromatic hydroxyl groups is 2. The van der Waals surface area contributed by atoms with Crippen molar-refractivity contribution in [3.63, 3.8) is 0 Å². The number of phenols is 2. The fraction of sp³-hybridized carbons (Fsp3) is 0.467. The summed E-state index contributed by atoms with van der Waals surface area (Å²) < 4.78 is 0. The van der Waals surface area contributed by atoms with E-state index < -0.39 is 17.4 Å². The van der Waals surface area contributed by atoms with E-state index in [0.29, 0.717) is 6.42 Å². The monoisotopic (exact) mass is 293 g/mol. The van der Waals surface area contributed by atoms with Gasteiger partial charge in [0, 0.05) is 0 Å². The third-order valence-electron chi connectivity index (χ3n) is 4.24. The van der Waals surface area contributed by atoms with Gasteiger partial charge >= 0.3 is 5.97 Å². The highest BCUT2D eigenvalue weighted by molar-refractivity contribution is 6.00. The van der Waals surface area contributed by atoms with Gasteiger partial charge in [-0.05, 0) is 37.0 Å². The molecule has 114 valence electrons. The maximum absolute atomic E-state index is 12.3. The van der Waals surface area contributed by atoms with Crippen molar-refractivity contribution in [2.24, 2.45) is 5.92 Å². The zero-order valence-corrected chi connectivity index (χ0v) is 11.8. The molecule has 0 aliphatic heterocycles. The van der Waals surface area contributed by atoms with Crippen molar-refractivity contribution in [1.29, 1.82) is 0 Å². The predicted octanol–water partition coefficient (Wildman–Crippen LogP) is 1.86. The van der Waals surface area contributed by atoms with Crippen LogP contribution in [0.3, 0.4) is 0 Å². The number of benzene rings is 1. The molecule has 1 aliphatic carbocycles. The average Bonchev–Trinajstić information content (AvgIpc) is 2.43. The fourth-order valence-electron chi connectivity index (χ4n) is 2.88. The Kier molecular flexibility index (Phi) is 4.06. The van der Waals surface area contributed by atoms with E-state index in [1.54, 1.807) is 6.92 Å². The van der Waals surface area contributed by atoms with Crippen molar-refractivity contribution < 1.29 is 24.9 Å². The van der Waals surface area contributed by atoms with Gasteiger partial charge in [-0.25, -0.2) is 4.79 Å². The van der Waals surface area contributed by atoms with Gasteiger partial charge < -0.3 is 20.6 Å². The third kappa shape index (κ3) is 2.79. The van der Waals surface area contributed by atoms with Crippen molar-refractivity contribution in [3.8, 4) is 11.5 Å². The quantitative estimate of drug-likeness (QED) is 0.636. The topological polar surface area (TPSA) is 107 Å². The molecule has 1 fully saturated rings. The molecule has 1 aliphatic rings. The second-order valence-corrected chi connectivity index (χ2v) is 5.58. The summed E-state index contributed by atoms with van der Waals surface area (Å²) >= 11 is 0. The Labute approximate surface area is 122 Å². The minimum absolute atomic E-state index is 0.131. The summed E-state index contributed by atoms with van der Waals surface area (Å²) in [6.07, 6.45) is 2.74. The second kappa shape index (κ2) is 5.63. The van der Waals surface area contributed by atoms with Crippen LogP contribution in [-0.4, -0.2) is 32.7 Å². The number of nitrogens with one attached hydrogen (secondary N) is 1. The first-order valence-corrected chi connectivity index (χ1v) is 6.94. The van der Waals surface area contributed by atoms with Crippen LogP contribution in [0.4, 0.5) is 0 Å². The van der Waals surface area contributed by atoms with Crippen LogP contribution < -0.4 is 5.32 Å². The van der Waals surface area contributed by atoms with Crippen LogP contribution in [0.1, 0.15) is 43.0 Å². The van der Waals surface area contributed by atoms with Crippen molar-refractivity contribution in [3.05, 3.63) is 23.8 Å². The lowest BCUT2D eigenvalue weighted by atomic mass is 9.73. The molecule has 0 saturated heterocycles. The van der Waals surface area contributed by atoms with E-state index >= 15 is 0 Å². The normalized spacial score (nSPS) is 25.3. The lowest BCUT2D eigenvalue weighted by Gasteiger charge is -2.39. The van der Waals surface area contributed by atoms with Gasteiger partial charge in [-0.2, -0.15) is 0 Å². The van der Waals surface area contributed by atoms with E-state index in [0.717, 1.165) is 25.3 Å². The Hall–Kier alpha value is -2.24. The highest BCUT2D eigenvalue weighted by Gasteiger charge is 2.46.